The second kappa shape index (κ2) is 10.9. The standard InChI is InChI=1S/C21H34N4OS/c1-3-22-21(23-15-19-5-4-14-27-19)24-16-20(25-10-12-26-13-11-25)18-8-6-17(2)7-9-18/h6-9,19-20H,3-5,10-16H2,1-2H3,(H2,22,23,24). The monoisotopic (exact) mass is 390 g/mol. The van der Waals surface area contributed by atoms with Gasteiger partial charge in [0.05, 0.1) is 25.8 Å². The van der Waals surface area contributed by atoms with E-state index in [1.54, 1.807) is 0 Å². The first-order valence-electron chi connectivity index (χ1n) is 10.3. The number of guanidine groups is 1. The summed E-state index contributed by atoms with van der Waals surface area (Å²) in [6.45, 7) is 10.5. The van der Waals surface area contributed by atoms with Gasteiger partial charge in [0.15, 0.2) is 5.96 Å². The van der Waals surface area contributed by atoms with E-state index in [2.05, 4.69) is 65.4 Å². The summed E-state index contributed by atoms with van der Waals surface area (Å²) in [5, 5.41) is 7.69. The molecule has 2 fully saturated rings. The van der Waals surface area contributed by atoms with Gasteiger partial charge in [-0.1, -0.05) is 29.8 Å². The highest BCUT2D eigenvalue weighted by atomic mass is 32.2. The second-order valence-electron chi connectivity index (χ2n) is 7.31. The summed E-state index contributed by atoms with van der Waals surface area (Å²) in [5.74, 6) is 2.24. The zero-order valence-corrected chi connectivity index (χ0v) is 17.6. The number of aryl methyl sites for hydroxylation is 1. The topological polar surface area (TPSA) is 48.9 Å². The third-order valence-electron chi connectivity index (χ3n) is 5.24. The smallest absolute Gasteiger partial charge is 0.191 e. The Morgan fingerprint density at radius 2 is 2.04 bits per heavy atom. The van der Waals surface area contributed by atoms with Gasteiger partial charge in [-0.15, -0.1) is 0 Å². The first kappa shape index (κ1) is 20.5. The third kappa shape index (κ3) is 6.40. The highest BCUT2D eigenvalue weighted by Gasteiger charge is 2.23. The van der Waals surface area contributed by atoms with Gasteiger partial charge in [0, 0.05) is 31.4 Å². The molecule has 27 heavy (non-hydrogen) atoms. The number of nitrogens with one attached hydrogen (secondary N) is 2. The van der Waals surface area contributed by atoms with Gasteiger partial charge in [0.25, 0.3) is 0 Å². The van der Waals surface area contributed by atoms with Crippen molar-refractivity contribution in [3.63, 3.8) is 0 Å². The Bertz CT molecular complexity index is 580. The molecule has 1 aromatic carbocycles. The SMILES string of the molecule is CCNC(=NCC(c1ccc(C)cc1)N1CCOCC1)NCC1CCCS1. The Balaban J connectivity index is 1.67. The van der Waals surface area contributed by atoms with E-state index in [-0.39, 0.29) is 0 Å². The van der Waals surface area contributed by atoms with Crippen molar-refractivity contribution in [1.82, 2.24) is 15.5 Å². The van der Waals surface area contributed by atoms with Crippen molar-refractivity contribution in [1.29, 1.82) is 0 Å². The van der Waals surface area contributed by atoms with Crippen LogP contribution in [-0.4, -0.2) is 67.8 Å². The Morgan fingerprint density at radius 1 is 1.26 bits per heavy atom. The van der Waals surface area contributed by atoms with E-state index in [1.165, 1.54) is 29.7 Å². The van der Waals surface area contributed by atoms with Crippen molar-refractivity contribution in [2.24, 2.45) is 4.99 Å². The van der Waals surface area contributed by atoms with E-state index >= 15 is 0 Å². The van der Waals surface area contributed by atoms with Crippen molar-refractivity contribution in [3.8, 4) is 0 Å². The van der Waals surface area contributed by atoms with Gasteiger partial charge in [-0.05, 0) is 38.0 Å². The average molecular weight is 391 g/mol. The molecule has 2 heterocycles. The van der Waals surface area contributed by atoms with Gasteiger partial charge in [-0.25, -0.2) is 0 Å². The Labute approximate surface area is 168 Å². The summed E-state index contributed by atoms with van der Waals surface area (Å²) < 4.78 is 5.56. The highest BCUT2D eigenvalue weighted by Crippen LogP contribution is 2.25. The van der Waals surface area contributed by atoms with Crippen LogP contribution in [0.2, 0.25) is 0 Å². The van der Waals surface area contributed by atoms with Crippen molar-refractivity contribution >= 4 is 17.7 Å². The number of hydrogen-bond acceptors (Lipinski definition) is 4. The van der Waals surface area contributed by atoms with E-state index in [1.807, 2.05) is 0 Å². The van der Waals surface area contributed by atoms with Crippen LogP contribution in [-0.2, 0) is 4.74 Å². The molecule has 0 saturated carbocycles. The maximum absolute atomic E-state index is 5.56. The number of aliphatic imine (C=N–C) groups is 1. The van der Waals surface area contributed by atoms with Crippen LogP contribution in [0.25, 0.3) is 0 Å². The van der Waals surface area contributed by atoms with Crippen molar-refractivity contribution in [2.75, 3.05) is 51.7 Å². The van der Waals surface area contributed by atoms with Crippen LogP contribution in [0.4, 0.5) is 0 Å². The van der Waals surface area contributed by atoms with Gasteiger partial charge in [-0.3, -0.25) is 9.89 Å². The van der Waals surface area contributed by atoms with Crippen molar-refractivity contribution in [2.45, 2.75) is 38.0 Å². The van der Waals surface area contributed by atoms with E-state index < -0.39 is 0 Å². The Kier molecular flexibility index (Phi) is 8.30. The minimum absolute atomic E-state index is 0.297. The van der Waals surface area contributed by atoms with Crippen LogP contribution >= 0.6 is 11.8 Å². The lowest BCUT2D eigenvalue weighted by Crippen LogP contribution is -2.42. The molecule has 0 aromatic heterocycles. The van der Waals surface area contributed by atoms with Crippen molar-refractivity contribution in [3.05, 3.63) is 35.4 Å². The molecule has 0 spiro atoms. The highest BCUT2D eigenvalue weighted by molar-refractivity contribution is 8.00. The van der Waals surface area contributed by atoms with Crippen LogP contribution in [0.5, 0.6) is 0 Å². The lowest BCUT2D eigenvalue weighted by molar-refractivity contribution is 0.0179. The molecule has 2 aliphatic rings. The summed E-state index contributed by atoms with van der Waals surface area (Å²) in [6, 6.07) is 9.20. The normalized spacial score (nSPS) is 22.6. The molecule has 6 heteroatoms. The summed E-state index contributed by atoms with van der Waals surface area (Å²) in [6.07, 6.45) is 2.66. The molecule has 0 aliphatic carbocycles. The first-order valence-corrected chi connectivity index (χ1v) is 11.3. The van der Waals surface area contributed by atoms with E-state index in [9.17, 15) is 0 Å². The second-order valence-corrected chi connectivity index (χ2v) is 8.72. The minimum atomic E-state index is 0.297. The molecule has 2 unspecified atom stereocenters. The molecule has 0 amide bonds. The lowest BCUT2D eigenvalue weighted by Gasteiger charge is -2.34. The zero-order chi connectivity index (χ0) is 18.9. The summed E-state index contributed by atoms with van der Waals surface area (Å²) in [5.41, 5.74) is 2.64. The van der Waals surface area contributed by atoms with Gasteiger partial charge < -0.3 is 15.4 Å². The summed E-state index contributed by atoms with van der Waals surface area (Å²) >= 11 is 2.08. The molecule has 2 aliphatic heterocycles. The maximum Gasteiger partial charge on any atom is 0.191 e. The largest absolute Gasteiger partial charge is 0.379 e. The summed E-state index contributed by atoms with van der Waals surface area (Å²) in [4.78, 5) is 7.46. The van der Waals surface area contributed by atoms with Crippen LogP contribution in [0.1, 0.15) is 36.9 Å². The number of thioether (sulfide) groups is 1. The molecule has 2 N–H and O–H groups in total. The maximum atomic E-state index is 5.56. The molecule has 1 aromatic rings. The number of benzene rings is 1. The van der Waals surface area contributed by atoms with Crippen LogP contribution in [0.15, 0.2) is 29.3 Å². The molecule has 5 nitrogen and oxygen atoms in total. The molecule has 150 valence electrons. The van der Waals surface area contributed by atoms with Crippen LogP contribution in [0, 0.1) is 6.92 Å². The molecule has 0 bridgehead atoms. The predicted octanol–water partition coefficient (Wildman–Crippen LogP) is 2.82. The van der Waals surface area contributed by atoms with Gasteiger partial charge >= 0.3 is 0 Å². The molecular weight excluding hydrogens is 356 g/mol. The fourth-order valence-electron chi connectivity index (χ4n) is 3.64. The van der Waals surface area contributed by atoms with Crippen LogP contribution in [0.3, 0.4) is 0 Å². The molecule has 0 radical (unpaired) electrons. The molecule has 3 rings (SSSR count). The predicted molar refractivity (Wildman–Crippen MR) is 116 cm³/mol. The van der Waals surface area contributed by atoms with Gasteiger partial charge in [0.2, 0.25) is 0 Å². The van der Waals surface area contributed by atoms with Crippen LogP contribution < -0.4 is 10.6 Å². The van der Waals surface area contributed by atoms with E-state index in [4.69, 9.17) is 9.73 Å². The fraction of sp³-hybridized carbons (Fsp3) is 0.667. The number of nitrogens with zero attached hydrogens (tertiary/aromatic N) is 2. The molecule has 2 atom stereocenters. The van der Waals surface area contributed by atoms with E-state index in [0.717, 1.165) is 57.1 Å². The summed E-state index contributed by atoms with van der Waals surface area (Å²) in [7, 11) is 0. The third-order valence-corrected chi connectivity index (χ3v) is 6.63. The number of morpholine rings is 1. The zero-order valence-electron chi connectivity index (χ0n) is 16.7. The van der Waals surface area contributed by atoms with Gasteiger partial charge in [-0.2, -0.15) is 11.8 Å². The number of hydrogen-bond donors (Lipinski definition) is 2. The average Bonchev–Trinajstić information content (AvgIpc) is 3.22. The number of ether oxygens (including phenoxy) is 1. The fourth-order valence-corrected chi connectivity index (χ4v) is 4.85. The lowest BCUT2D eigenvalue weighted by atomic mass is 10.0. The molecule has 2 saturated heterocycles. The first-order chi connectivity index (χ1) is 13.3. The van der Waals surface area contributed by atoms with E-state index in [0.29, 0.717) is 6.04 Å². The van der Waals surface area contributed by atoms with Gasteiger partial charge in [0.1, 0.15) is 0 Å². The number of rotatable bonds is 7. The minimum Gasteiger partial charge on any atom is -0.379 e. The molecular formula is C21H34N4OS. The Hall–Kier alpha value is -1.24. The quantitative estimate of drug-likeness (QED) is 0.554. The van der Waals surface area contributed by atoms with Crippen molar-refractivity contribution < 1.29 is 4.74 Å². The Morgan fingerprint density at radius 3 is 2.70 bits per heavy atom.